The molecule has 1 atom stereocenters. The van der Waals surface area contributed by atoms with Crippen LogP contribution in [-0.2, 0) is 0 Å². The molecule has 5 nitrogen and oxygen atoms in total. The second-order valence-corrected chi connectivity index (χ2v) is 5.22. The third kappa shape index (κ3) is 3.48. The Morgan fingerprint density at radius 3 is 2.95 bits per heavy atom. The van der Waals surface area contributed by atoms with Crippen LogP contribution in [0.25, 0.3) is 0 Å². The van der Waals surface area contributed by atoms with Gasteiger partial charge in [-0.1, -0.05) is 12.2 Å². The van der Waals surface area contributed by atoms with Crippen molar-refractivity contribution < 1.29 is 4.79 Å². The van der Waals surface area contributed by atoms with Crippen LogP contribution in [0.5, 0.6) is 0 Å². The van der Waals surface area contributed by atoms with Crippen molar-refractivity contribution in [2.75, 3.05) is 20.1 Å². The lowest BCUT2D eigenvalue weighted by Gasteiger charge is -2.19. The van der Waals surface area contributed by atoms with Gasteiger partial charge in [0.2, 0.25) is 0 Å². The molecule has 19 heavy (non-hydrogen) atoms. The average molecular weight is 278 g/mol. The maximum Gasteiger partial charge on any atom is 0.269 e. The number of rotatable bonds is 4. The van der Waals surface area contributed by atoms with E-state index in [0.717, 1.165) is 13.0 Å². The summed E-state index contributed by atoms with van der Waals surface area (Å²) in [5.41, 5.74) is 6.54. The molecule has 1 saturated heterocycles. The summed E-state index contributed by atoms with van der Waals surface area (Å²) >= 11 is 4.84. The Morgan fingerprint density at radius 2 is 2.42 bits per heavy atom. The molecule has 0 spiro atoms. The van der Waals surface area contributed by atoms with Gasteiger partial charge in [0.15, 0.2) is 0 Å². The van der Waals surface area contributed by atoms with Gasteiger partial charge < -0.3 is 16.0 Å². The number of pyridine rings is 1. The molecule has 1 amide bonds. The molecule has 1 fully saturated rings. The third-order valence-corrected chi connectivity index (χ3v) is 3.69. The summed E-state index contributed by atoms with van der Waals surface area (Å²) < 4.78 is 0. The second kappa shape index (κ2) is 6.08. The second-order valence-electron chi connectivity index (χ2n) is 4.78. The largest absolute Gasteiger partial charge is 0.389 e. The predicted molar refractivity (Wildman–Crippen MR) is 78.1 cm³/mol. The molecule has 0 radical (unpaired) electrons. The van der Waals surface area contributed by atoms with Crippen LogP contribution in [0.1, 0.15) is 28.9 Å². The number of nitrogens with zero attached hydrogens (tertiary/aromatic N) is 2. The maximum atomic E-state index is 11.9. The molecule has 0 aromatic carbocycles. The minimum Gasteiger partial charge on any atom is -0.389 e. The Morgan fingerprint density at radius 1 is 1.63 bits per heavy atom. The Labute approximate surface area is 118 Å². The summed E-state index contributed by atoms with van der Waals surface area (Å²) in [4.78, 5) is 18.6. The highest BCUT2D eigenvalue weighted by atomic mass is 32.1. The summed E-state index contributed by atoms with van der Waals surface area (Å²) in [6.07, 6.45) is 3.85. The van der Waals surface area contributed by atoms with Gasteiger partial charge in [-0.3, -0.25) is 9.78 Å². The van der Waals surface area contributed by atoms with Crippen LogP contribution in [0.2, 0.25) is 0 Å². The van der Waals surface area contributed by atoms with E-state index < -0.39 is 0 Å². The highest BCUT2D eigenvalue weighted by molar-refractivity contribution is 7.80. The molecule has 6 heteroatoms. The van der Waals surface area contributed by atoms with Crippen molar-refractivity contribution in [3.63, 3.8) is 0 Å². The van der Waals surface area contributed by atoms with Crippen molar-refractivity contribution in [1.82, 2.24) is 15.2 Å². The molecule has 2 heterocycles. The minimum atomic E-state index is -0.158. The van der Waals surface area contributed by atoms with Crippen LogP contribution in [0, 0.1) is 0 Å². The number of thiocarbonyl (C=S) groups is 1. The zero-order chi connectivity index (χ0) is 13.8. The first-order chi connectivity index (χ1) is 9.08. The maximum absolute atomic E-state index is 11.9. The van der Waals surface area contributed by atoms with Crippen LogP contribution in [0.15, 0.2) is 18.3 Å². The Kier molecular flexibility index (Phi) is 4.44. The fraction of sp³-hybridized carbons (Fsp3) is 0.462. The van der Waals surface area contributed by atoms with E-state index in [-0.39, 0.29) is 10.9 Å². The first-order valence-electron chi connectivity index (χ1n) is 6.32. The summed E-state index contributed by atoms with van der Waals surface area (Å²) in [6.45, 7) is 1.76. The molecule has 3 N–H and O–H groups in total. The zero-order valence-corrected chi connectivity index (χ0v) is 11.7. The molecule has 1 aromatic heterocycles. The van der Waals surface area contributed by atoms with Crippen molar-refractivity contribution in [2.24, 2.45) is 5.73 Å². The number of carbonyl (C=O) groups is 1. The van der Waals surface area contributed by atoms with E-state index in [1.807, 2.05) is 0 Å². The fourth-order valence-corrected chi connectivity index (χ4v) is 2.33. The van der Waals surface area contributed by atoms with E-state index in [4.69, 9.17) is 18.0 Å². The van der Waals surface area contributed by atoms with Crippen LogP contribution in [0.3, 0.4) is 0 Å². The summed E-state index contributed by atoms with van der Waals surface area (Å²) in [6, 6.07) is 3.79. The number of aromatic nitrogens is 1. The van der Waals surface area contributed by atoms with Gasteiger partial charge in [0.1, 0.15) is 10.7 Å². The van der Waals surface area contributed by atoms with Gasteiger partial charge in [0, 0.05) is 24.3 Å². The van der Waals surface area contributed by atoms with Gasteiger partial charge in [0.25, 0.3) is 5.91 Å². The van der Waals surface area contributed by atoms with E-state index in [1.54, 1.807) is 12.1 Å². The number of likely N-dealkylation sites (N-methyl/N-ethyl adjacent to an activating group) is 1. The lowest BCUT2D eigenvalue weighted by molar-refractivity contribution is 0.0938. The Hall–Kier alpha value is -1.53. The minimum absolute atomic E-state index is 0.158. The van der Waals surface area contributed by atoms with Crippen LogP contribution < -0.4 is 11.1 Å². The van der Waals surface area contributed by atoms with Gasteiger partial charge in [-0.25, -0.2) is 0 Å². The molecule has 1 aromatic rings. The zero-order valence-electron chi connectivity index (χ0n) is 10.9. The molecule has 0 aliphatic carbocycles. The van der Waals surface area contributed by atoms with E-state index in [0.29, 0.717) is 23.8 Å². The highest BCUT2D eigenvalue weighted by Crippen LogP contribution is 2.13. The number of nitrogens with one attached hydrogen (secondary N) is 1. The third-order valence-electron chi connectivity index (χ3n) is 3.45. The summed E-state index contributed by atoms with van der Waals surface area (Å²) in [5, 5.41) is 2.91. The monoisotopic (exact) mass is 278 g/mol. The molecule has 1 aliphatic heterocycles. The lowest BCUT2D eigenvalue weighted by Crippen LogP contribution is -2.38. The molecular weight excluding hydrogens is 260 g/mol. The van der Waals surface area contributed by atoms with Gasteiger partial charge >= 0.3 is 0 Å². The number of amides is 1. The fourth-order valence-electron chi connectivity index (χ4n) is 2.21. The van der Waals surface area contributed by atoms with E-state index >= 15 is 0 Å². The number of carbonyl (C=O) groups excluding carboxylic acids is 1. The molecule has 1 unspecified atom stereocenters. The van der Waals surface area contributed by atoms with Crippen molar-refractivity contribution in [2.45, 2.75) is 18.9 Å². The van der Waals surface area contributed by atoms with Gasteiger partial charge in [0.05, 0.1) is 0 Å². The number of hydrogen-bond donors (Lipinski definition) is 2. The SMILES string of the molecule is CN1CCCC1CNC(=O)c1ccc(C(N)=S)cn1. The Balaban J connectivity index is 1.90. The Bertz CT molecular complexity index is 474. The number of likely N-dealkylation sites (tertiary alicyclic amines) is 1. The predicted octanol–water partition coefficient (Wildman–Crippen LogP) is 0.540. The molecule has 102 valence electrons. The number of nitrogens with two attached hydrogens (primary N) is 1. The van der Waals surface area contributed by atoms with Crippen molar-refractivity contribution in [3.05, 3.63) is 29.6 Å². The van der Waals surface area contributed by atoms with Crippen molar-refractivity contribution in [3.8, 4) is 0 Å². The summed E-state index contributed by atoms with van der Waals surface area (Å²) in [5.74, 6) is -0.158. The highest BCUT2D eigenvalue weighted by Gasteiger charge is 2.21. The summed E-state index contributed by atoms with van der Waals surface area (Å²) in [7, 11) is 2.08. The standard InChI is InChI=1S/C13H18N4OS/c1-17-6-2-3-10(17)8-16-13(18)11-5-4-9(7-15-11)12(14)19/h4-5,7,10H,2-3,6,8H2,1H3,(H2,14,19)(H,16,18). The molecule has 0 bridgehead atoms. The van der Waals surface area contributed by atoms with Crippen LogP contribution in [0.4, 0.5) is 0 Å². The van der Waals surface area contributed by atoms with Crippen molar-refractivity contribution >= 4 is 23.1 Å². The topological polar surface area (TPSA) is 71.2 Å². The lowest BCUT2D eigenvalue weighted by atomic mass is 10.2. The van der Waals surface area contributed by atoms with E-state index in [1.165, 1.54) is 12.6 Å². The number of hydrogen-bond acceptors (Lipinski definition) is 4. The van der Waals surface area contributed by atoms with E-state index in [2.05, 4.69) is 22.2 Å². The van der Waals surface area contributed by atoms with Gasteiger partial charge in [-0.15, -0.1) is 0 Å². The van der Waals surface area contributed by atoms with Gasteiger partial charge in [-0.2, -0.15) is 0 Å². The van der Waals surface area contributed by atoms with Crippen LogP contribution in [-0.4, -0.2) is 47.0 Å². The average Bonchev–Trinajstić information content (AvgIpc) is 2.81. The molecule has 0 saturated carbocycles. The van der Waals surface area contributed by atoms with Crippen molar-refractivity contribution in [1.29, 1.82) is 0 Å². The quantitative estimate of drug-likeness (QED) is 0.787. The van der Waals surface area contributed by atoms with E-state index in [9.17, 15) is 4.79 Å². The first kappa shape index (κ1) is 13.9. The van der Waals surface area contributed by atoms with Gasteiger partial charge in [-0.05, 0) is 38.6 Å². The molecule has 1 aliphatic rings. The van der Waals surface area contributed by atoms with Crippen LogP contribution >= 0.6 is 12.2 Å². The molecule has 2 rings (SSSR count). The normalized spacial score (nSPS) is 19.3. The molecular formula is C13H18N4OS. The smallest absolute Gasteiger partial charge is 0.269 e. The first-order valence-corrected chi connectivity index (χ1v) is 6.73.